The molecule has 0 aliphatic heterocycles. The minimum absolute atomic E-state index is 0.0241. The first-order chi connectivity index (χ1) is 11.5. The monoisotopic (exact) mass is 339 g/mol. The van der Waals surface area contributed by atoms with Crippen LogP contribution in [0.1, 0.15) is 56.4 Å². The molecule has 6 heteroatoms. The van der Waals surface area contributed by atoms with Crippen LogP contribution in [0, 0.1) is 17.6 Å². The van der Waals surface area contributed by atoms with Crippen molar-refractivity contribution in [1.82, 2.24) is 5.32 Å². The van der Waals surface area contributed by atoms with E-state index in [0.717, 1.165) is 25.7 Å². The number of hydrogen-bond donors (Lipinski definition) is 2. The topological polar surface area (TPSA) is 66.4 Å². The second-order valence-corrected chi connectivity index (χ2v) is 6.29. The van der Waals surface area contributed by atoms with Crippen molar-refractivity contribution in [2.45, 2.75) is 50.9 Å². The van der Waals surface area contributed by atoms with Gasteiger partial charge in [-0.1, -0.05) is 25.3 Å². The van der Waals surface area contributed by atoms with Crippen molar-refractivity contribution >= 4 is 11.9 Å². The van der Waals surface area contributed by atoms with Crippen LogP contribution in [0.4, 0.5) is 8.78 Å². The maximum Gasteiger partial charge on any atom is 0.303 e. The van der Waals surface area contributed by atoms with E-state index in [0.29, 0.717) is 19.4 Å². The molecule has 0 aromatic heterocycles. The Balaban J connectivity index is 1.61. The summed E-state index contributed by atoms with van der Waals surface area (Å²) < 4.78 is 27.3. The molecular weight excluding hydrogens is 316 g/mol. The van der Waals surface area contributed by atoms with Gasteiger partial charge in [0.1, 0.15) is 11.6 Å². The Kier molecular flexibility index (Phi) is 6.70. The lowest BCUT2D eigenvalue weighted by Crippen LogP contribution is -2.26. The smallest absolute Gasteiger partial charge is 0.303 e. The molecule has 0 radical (unpaired) electrons. The van der Waals surface area contributed by atoms with E-state index >= 15 is 0 Å². The molecule has 1 aliphatic rings. The second-order valence-electron chi connectivity index (χ2n) is 6.29. The minimum atomic E-state index is -0.771. The van der Waals surface area contributed by atoms with Gasteiger partial charge in [-0.2, -0.15) is 0 Å². The fourth-order valence-electron chi connectivity index (χ4n) is 2.94. The molecule has 24 heavy (non-hydrogen) atoms. The molecule has 2 atom stereocenters. The van der Waals surface area contributed by atoms with Gasteiger partial charge >= 0.3 is 5.97 Å². The van der Waals surface area contributed by atoms with Crippen molar-refractivity contribution in [3.63, 3.8) is 0 Å². The third kappa shape index (κ3) is 5.28. The molecular formula is C18H23F2NO3. The minimum Gasteiger partial charge on any atom is -0.481 e. The van der Waals surface area contributed by atoms with Crippen molar-refractivity contribution in [3.8, 4) is 0 Å². The van der Waals surface area contributed by atoms with E-state index in [1.807, 2.05) is 0 Å². The van der Waals surface area contributed by atoms with Gasteiger partial charge in [-0.25, -0.2) is 8.78 Å². The van der Waals surface area contributed by atoms with E-state index < -0.39 is 17.6 Å². The van der Waals surface area contributed by atoms with Gasteiger partial charge in [0.2, 0.25) is 5.91 Å². The van der Waals surface area contributed by atoms with Gasteiger partial charge in [-0.05, 0) is 31.4 Å². The van der Waals surface area contributed by atoms with Crippen LogP contribution < -0.4 is 5.32 Å². The summed E-state index contributed by atoms with van der Waals surface area (Å²) in [5, 5.41) is 11.3. The fourth-order valence-corrected chi connectivity index (χ4v) is 2.94. The molecule has 132 valence electrons. The van der Waals surface area contributed by atoms with Crippen molar-refractivity contribution in [2.24, 2.45) is 5.92 Å². The molecule has 1 aliphatic carbocycles. The molecule has 0 bridgehead atoms. The molecule has 0 heterocycles. The Bertz CT molecular complexity index is 571. The second kappa shape index (κ2) is 8.76. The first-order valence-corrected chi connectivity index (χ1v) is 8.44. The van der Waals surface area contributed by atoms with Gasteiger partial charge < -0.3 is 10.4 Å². The Morgan fingerprint density at radius 2 is 1.71 bits per heavy atom. The number of carbonyl (C=O) groups is 2. The van der Waals surface area contributed by atoms with Gasteiger partial charge in [0, 0.05) is 30.4 Å². The third-order valence-corrected chi connectivity index (χ3v) is 4.36. The first kappa shape index (κ1) is 18.4. The highest BCUT2D eigenvalue weighted by molar-refractivity contribution is 5.82. The van der Waals surface area contributed by atoms with Gasteiger partial charge in [0.15, 0.2) is 0 Å². The molecule has 1 saturated carbocycles. The van der Waals surface area contributed by atoms with E-state index in [1.165, 1.54) is 18.2 Å². The Labute approximate surface area is 140 Å². The number of carboxylic acids is 1. The van der Waals surface area contributed by atoms with E-state index in [9.17, 15) is 18.4 Å². The van der Waals surface area contributed by atoms with Crippen molar-refractivity contribution in [3.05, 3.63) is 35.4 Å². The van der Waals surface area contributed by atoms with Crippen LogP contribution >= 0.6 is 0 Å². The Morgan fingerprint density at radius 1 is 1.08 bits per heavy atom. The van der Waals surface area contributed by atoms with Crippen LogP contribution in [-0.4, -0.2) is 23.5 Å². The quantitative estimate of drug-likeness (QED) is 0.640. The summed E-state index contributed by atoms with van der Waals surface area (Å²) in [4.78, 5) is 22.4. The van der Waals surface area contributed by atoms with Gasteiger partial charge in [-0.3, -0.25) is 9.59 Å². The average Bonchev–Trinajstić information content (AvgIpc) is 3.29. The van der Waals surface area contributed by atoms with Gasteiger partial charge in [0.25, 0.3) is 0 Å². The molecule has 2 rings (SSSR count). The van der Waals surface area contributed by atoms with E-state index in [-0.39, 0.29) is 29.7 Å². The van der Waals surface area contributed by atoms with Crippen LogP contribution in [0.2, 0.25) is 0 Å². The van der Waals surface area contributed by atoms with Crippen LogP contribution in [0.5, 0.6) is 0 Å². The zero-order valence-corrected chi connectivity index (χ0v) is 13.6. The molecule has 2 N–H and O–H groups in total. The highest BCUT2D eigenvalue weighted by Gasteiger charge is 2.46. The molecule has 2 unspecified atom stereocenters. The summed E-state index contributed by atoms with van der Waals surface area (Å²) in [6.45, 7) is 0.542. The van der Waals surface area contributed by atoms with Crippen LogP contribution in [0.15, 0.2) is 18.2 Å². The molecule has 1 fully saturated rings. The van der Waals surface area contributed by atoms with Gasteiger partial charge in [-0.15, -0.1) is 0 Å². The zero-order valence-electron chi connectivity index (χ0n) is 13.6. The Morgan fingerprint density at radius 3 is 2.38 bits per heavy atom. The maximum atomic E-state index is 13.7. The van der Waals surface area contributed by atoms with Crippen molar-refractivity contribution < 1.29 is 23.5 Å². The van der Waals surface area contributed by atoms with Gasteiger partial charge in [0.05, 0.1) is 0 Å². The molecule has 1 amide bonds. The summed E-state index contributed by atoms with van der Waals surface area (Å²) in [6, 6.07) is 3.76. The zero-order chi connectivity index (χ0) is 17.5. The number of hydrogen-bond acceptors (Lipinski definition) is 2. The number of unbranched alkanes of at least 4 members (excludes halogenated alkanes) is 4. The largest absolute Gasteiger partial charge is 0.481 e. The number of benzene rings is 1. The number of nitrogens with one attached hydrogen (secondary N) is 1. The lowest BCUT2D eigenvalue weighted by molar-refractivity contribution is -0.137. The number of carbonyl (C=O) groups excluding carboxylic acids is 1. The molecule has 0 saturated heterocycles. The lowest BCUT2D eigenvalue weighted by Gasteiger charge is -2.06. The number of amides is 1. The first-order valence-electron chi connectivity index (χ1n) is 8.44. The standard InChI is InChI=1S/C18H23F2NO3/c19-14-7-6-8-15(20)17(14)12-11-13(12)18(24)21-10-5-3-1-2-4-9-16(22)23/h6-8,12-13H,1-5,9-11H2,(H,21,24)(H,22,23). The summed E-state index contributed by atoms with van der Waals surface area (Å²) >= 11 is 0. The summed E-state index contributed by atoms with van der Waals surface area (Å²) in [6.07, 6.45) is 4.93. The van der Waals surface area contributed by atoms with Crippen LogP contribution in [0.25, 0.3) is 0 Å². The number of halogens is 2. The highest BCUT2D eigenvalue weighted by Crippen LogP contribution is 2.49. The SMILES string of the molecule is O=C(O)CCCCCCCNC(=O)C1CC1c1c(F)cccc1F. The molecule has 1 aromatic carbocycles. The maximum absolute atomic E-state index is 13.7. The average molecular weight is 339 g/mol. The predicted octanol–water partition coefficient (Wildman–Crippen LogP) is 3.61. The molecule has 0 spiro atoms. The number of carboxylic acid groups (broad SMARTS) is 1. The van der Waals surface area contributed by atoms with Crippen LogP contribution in [-0.2, 0) is 9.59 Å². The predicted molar refractivity (Wildman–Crippen MR) is 85.6 cm³/mol. The Hall–Kier alpha value is -1.98. The fraction of sp³-hybridized carbons (Fsp3) is 0.556. The van der Waals surface area contributed by atoms with E-state index in [2.05, 4.69) is 5.32 Å². The number of rotatable bonds is 10. The van der Waals surface area contributed by atoms with E-state index in [4.69, 9.17) is 5.11 Å². The lowest BCUT2D eigenvalue weighted by atomic mass is 10.1. The number of aliphatic carboxylic acids is 1. The van der Waals surface area contributed by atoms with E-state index in [1.54, 1.807) is 0 Å². The third-order valence-electron chi connectivity index (χ3n) is 4.36. The summed E-state index contributed by atoms with van der Waals surface area (Å²) in [7, 11) is 0. The highest BCUT2D eigenvalue weighted by atomic mass is 19.1. The summed E-state index contributed by atoms with van der Waals surface area (Å²) in [5.41, 5.74) is 0.0241. The normalized spacial score (nSPS) is 19.1. The molecule has 4 nitrogen and oxygen atoms in total. The van der Waals surface area contributed by atoms with Crippen molar-refractivity contribution in [1.29, 1.82) is 0 Å². The summed E-state index contributed by atoms with van der Waals surface area (Å²) in [5.74, 6) is -2.79. The molecule has 1 aromatic rings. The van der Waals surface area contributed by atoms with Crippen LogP contribution in [0.3, 0.4) is 0 Å². The van der Waals surface area contributed by atoms with Crippen molar-refractivity contribution in [2.75, 3.05) is 6.54 Å².